The van der Waals surface area contributed by atoms with Gasteiger partial charge in [0.1, 0.15) is 29.8 Å². The van der Waals surface area contributed by atoms with E-state index in [0.717, 1.165) is 41.6 Å². The Morgan fingerprint density at radius 2 is 1.88 bits per heavy atom. The lowest BCUT2D eigenvalue weighted by Crippen LogP contribution is -2.39. The highest BCUT2D eigenvalue weighted by Gasteiger charge is 2.44. The van der Waals surface area contributed by atoms with Crippen LogP contribution in [0.1, 0.15) is 58.5 Å². The molecule has 0 saturated carbocycles. The number of rotatable bonds is 10. The average molecular weight is 688 g/mol. The maximum absolute atomic E-state index is 15.3. The SMILES string of the molecule is Cc1cc(C[n+]2cnn(C[C@](O)(c3cc(F)c(F)cc3F)[C@H](C)c3nc(-c4ccc(C#N)cc4)cs3)c2)cc(C)c1OC(=O)C1CCCN1. The van der Waals surface area contributed by atoms with E-state index in [2.05, 4.69) is 21.5 Å². The Morgan fingerprint density at radius 1 is 1.16 bits per heavy atom. The molecular weight excluding hydrogens is 653 g/mol. The molecule has 0 radical (unpaired) electrons. The van der Waals surface area contributed by atoms with Gasteiger partial charge in [0.15, 0.2) is 11.6 Å². The van der Waals surface area contributed by atoms with E-state index in [1.807, 2.05) is 26.0 Å². The molecule has 1 fully saturated rings. The summed E-state index contributed by atoms with van der Waals surface area (Å²) < 4.78 is 52.8. The lowest BCUT2D eigenvalue weighted by Gasteiger charge is -2.32. The smallest absolute Gasteiger partial charge is 0.328 e. The molecular formula is C36H34F3N6O3S+. The fourth-order valence-corrected chi connectivity index (χ4v) is 7.15. The number of aliphatic hydroxyl groups is 1. The third kappa shape index (κ3) is 7.12. The minimum absolute atomic E-state index is 0.297. The molecule has 0 spiro atoms. The minimum atomic E-state index is -2.10. The second-order valence-corrected chi connectivity index (χ2v) is 13.3. The lowest BCUT2D eigenvalue weighted by molar-refractivity contribution is -0.689. The van der Waals surface area contributed by atoms with Gasteiger partial charge in [-0.3, -0.25) is 0 Å². The van der Waals surface area contributed by atoms with Gasteiger partial charge in [-0.05, 0) is 80.3 Å². The van der Waals surface area contributed by atoms with Gasteiger partial charge < -0.3 is 15.2 Å². The van der Waals surface area contributed by atoms with E-state index < -0.39 is 34.5 Å². The normalized spacial score (nSPS) is 16.2. The lowest BCUT2D eigenvalue weighted by atomic mass is 9.82. The molecule has 9 nitrogen and oxygen atoms in total. The number of nitriles is 1. The zero-order valence-corrected chi connectivity index (χ0v) is 27.9. The predicted octanol–water partition coefficient (Wildman–Crippen LogP) is 5.60. The highest BCUT2D eigenvalue weighted by atomic mass is 32.1. The van der Waals surface area contributed by atoms with Gasteiger partial charge in [-0.15, -0.1) is 16.0 Å². The molecule has 5 aromatic rings. The van der Waals surface area contributed by atoms with Gasteiger partial charge in [0.05, 0.1) is 28.9 Å². The van der Waals surface area contributed by atoms with Crippen LogP contribution in [0.15, 0.2) is 66.6 Å². The van der Waals surface area contributed by atoms with Crippen molar-refractivity contribution < 1.29 is 32.4 Å². The van der Waals surface area contributed by atoms with E-state index in [0.29, 0.717) is 40.7 Å². The second-order valence-electron chi connectivity index (χ2n) is 12.4. The van der Waals surface area contributed by atoms with E-state index in [4.69, 9.17) is 10.00 Å². The number of carbonyl (C=O) groups is 1. The number of nitrogens with one attached hydrogen (secondary N) is 1. The summed E-state index contributed by atoms with van der Waals surface area (Å²) >= 11 is 1.23. The highest BCUT2D eigenvalue weighted by Crippen LogP contribution is 2.42. The fraction of sp³-hybridized carbons (Fsp3) is 0.306. The first-order chi connectivity index (χ1) is 23.4. The van der Waals surface area contributed by atoms with Crippen molar-refractivity contribution in [3.05, 3.63) is 117 Å². The van der Waals surface area contributed by atoms with Crippen molar-refractivity contribution in [3.8, 4) is 23.1 Å². The summed E-state index contributed by atoms with van der Waals surface area (Å²) in [6.07, 6.45) is 4.85. The van der Waals surface area contributed by atoms with Crippen molar-refractivity contribution in [3.63, 3.8) is 0 Å². The molecule has 1 aliphatic rings. The van der Waals surface area contributed by atoms with Crippen LogP contribution in [0.3, 0.4) is 0 Å². The average Bonchev–Trinajstić information content (AvgIpc) is 3.87. The van der Waals surface area contributed by atoms with Gasteiger partial charge in [0.25, 0.3) is 6.33 Å². The summed E-state index contributed by atoms with van der Waals surface area (Å²) in [5.74, 6) is -4.43. The topological polar surface area (TPSA) is 117 Å². The Labute approximate surface area is 285 Å². The van der Waals surface area contributed by atoms with Gasteiger partial charge in [0, 0.05) is 33.6 Å². The van der Waals surface area contributed by atoms with Crippen LogP contribution in [-0.4, -0.2) is 38.4 Å². The number of benzene rings is 3. The van der Waals surface area contributed by atoms with Crippen LogP contribution in [0, 0.1) is 42.6 Å². The first kappa shape index (κ1) is 34.0. The van der Waals surface area contributed by atoms with Crippen LogP contribution in [0.5, 0.6) is 5.75 Å². The summed E-state index contributed by atoms with van der Waals surface area (Å²) in [7, 11) is 0. The molecule has 3 heterocycles. The minimum Gasteiger partial charge on any atom is -0.425 e. The number of hydrogen-bond acceptors (Lipinski definition) is 8. The van der Waals surface area contributed by atoms with E-state index in [1.54, 1.807) is 53.8 Å². The number of thiazole rings is 1. The molecule has 0 aliphatic carbocycles. The Bertz CT molecular complexity index is 2030. The molecule has 1 saturated heterocycles. The molecule has 13 heteroatoms. The summed E-state index contributed by atoms with van der Waals surface area (Å²) in [6, 6.07) is 13.5. The predicted molar refractivity (Wildman–Crippen MR) is 175 cm³/mol. The molecule has 252 valence electrons. The van der Waals surface area contributed by atoms with E-state index >= 15 is 4.39 Å². The number of ether oxygens (including phenoxy) is 1. The van der Waals surface area contributed by atoms with Gasteiger partial charge >= 0.3 is 5.97 Å². The monoisotopic (exact) mass is 687 g/mol. The number of aromatic nitrogens is 4. The van der Waals surface area contributed by atoms with Gasteiger partial charge in [-0.2, -0.15) is 5.26 Å². The zero-order chi connectivity index (χ0) is 34.9. The summed E-state index contributed by atoms with van der Waals surface area (Å²) in [5, 5.41) is 31.1. The summed E-state index contributed by atoms with van der Waals surface area (Å²) in [6.45, 7) is 6.25. The third-order valence-corrected chi connectivity index (χ3v) is 9.89. The number of hydrogen-bond donors (Lipinski definition) is 2. The number of carbonyl (C=O) groups excluding carboxylic acids is 1. The Morgan fingerprint density at radius 3 is 2.55 bits per heavy atom. The molecule has 2 N–H and O–H groups in total. The van der Waals surface area contributed by atoms with Crippen LogP contribution >= 0.6 is 11.3 Å². The molecule has 6 rings (SSSR count). The maximum Gasteiger partial charge on any atom is 0.328 e. The number of esters is 1. The molecule has 1 aliphatic heterocycles. The first-order valence-corrected chi connectivity index (χ1v) is 16.6. The Hall–Kier alpha value is -4.90. The fourth-order valence-electron chi connectivity index (χ4n) is 6.18. The van der Waals surface area contributed by atoms with Gasteiger partial charge in [-0.25, -0.2) is 27.5 Å². The van der Waals surface area contributed by atoms with Crippen LogP contribution in [0.25, 0.3) is 11.3 Å². The zero-order valence-electron chi connectivity index (χ0n) is 27.1. The molecule has 3 aromatic carbocycles. The van der Waals surface area contributed by atoms with E-state index in [1.165, 1.54) is 16.0 Å². The Balaban J connectivity index is 1.26. The van der Waals surface area contributed by atoms with Gasteiger partial charge in [-0.1, -0.05) is 19.1 Å². The molecule has 0 amide bonds. The second kappa shape index (κ2) is 13.9. The highest BCUT2D eigenvalue weighted by molar-refractivity contribution is 7.10. The molecule has 0 bridgehead atoms. The van der Waals surface area contributed by atoms with Crippen molar-refractivity contribution in [2.75, 3.05) is 6.54 Å². The first-order valence-electron chi connectivity index (χ1n) is 15.7. The van der Waals surface area contributed by atoms with Crippen molar-refractivity contribution in [1.29, 1.82) is 5.26 Å². The largest absolute Gasteiger partial charge is 0.425 e. The van der Waals surface area contributed by atoms with Crippen LogP contribution in [-0.2, 0) is 23.5 Å². The van der Waals surface area contributed by atoms with Gasteiger partial charge in [0.2, 0.25) is 6.33 Å². The number of halogens is 3. The molecule has 1 unspecified atom stereocenters. The molecule has 3 atom stereocenters. The van der Waals surface area contributed by atoms with Crippen LogP contribution in [0.4, 0.5) is 13.2 Å². The molecule has 49 heavy (non-hydrogen) atoms. The van der Waals surface area contributed by atoms with E-state index in [9.17, 15) is 18.7 Å². The quantitative estimate of drug-likeness (QED) is 0.0851. The summed E-state index contributed by atoms with van der Waals surface area (Å²) in [5.41, 5.74) is 1.80. The Kier molecular flexibility index (Phi) is 9.65. The van der Waals surface area contributed by atoms with Crippen molar-refractivity contribution in [1.82, 2.24) is 20.1 Å². The molecule has 2 aromatic heterocycles. The van der Waals surface area contributed by atoms with Crippen molar-refractivity contribution in [2.24, 2.45) is 0 Å². The third-order valence-electron chi connectivity index (χ3n) is 8.86. The standard InChI is InChI=1S/C36H34F3N6O3S/c1-21-11-25(12-22(2)33(21)48-35(46)31-5-4-10-41-31)16-44-19-42-45(20-44)18-36(47,27-13-29(38)30(39)14-28(27)37)23(3)34-43-32(17-49-34)26-8-6-24(15-40)7-9-26/h6-9,11-14,17,19-20,23,31,41,47H,4-5,10,16,18H2,1-3H3/q+1/t23-,31?,36-/m1/s1. The van der Waals surface area contributed by atoms with Crippen molar-refractivity contribution in [2.45, 2.75) is 64.3 Å². The van der Waals surface area contributed by atoms with Crippen LogP contribution < -0.4 is 14.6 Å². The number of aryl methyl sites for hydroxylation is 2. The van der Waals surface area contributed by atoms with Crippen LogP contribution in [0.2, 0.25) is 0 Å². The number of nitrogens with zero attached hydrogens (tertiary/aromatic N) is 5. The summed E-state index contributed by atoms with van der Waals surface area (Å²) in [4.78, 5) is 17.3. The van der Waals surface area contributed by atoms with E-state index in [-0.39, 0.29) is 18.6 Å². The maximum atomic E-state index is 15.3. The van der Waals surface area contributed by atoms with Crippen molar-refractivity contribution >= 4 is 17.3 Å².